The summed E-state index contributed by atoms with van der Waals surface area (Å²) >= 11 is 0. The second-order valence-electron chi connectivity index (χ2n) is 5.05. The lowest BCUT2D eigenvalue weighted by atomic mass is 9.79. The molecule has 0 spiro atoms. The van der Waals surface area contributed by atoms with Crippen LogP contribution in [0.1, 0.15) is 57.8 Å². The quantitative estimate of drug-likeness (QED) is 0.606. The Kier molecular flexibility index (Phi) is 2.52. The van der Waals surface area contributed by atoms with Crippen molar-refractivity contribution in [2.75, 3.05) is 0 Å². The Morgan fingerprint density at radius 3 is 1.73 bits per heavy atom. The summed E-state index contributed by atoms with van der Waals surface area (Å²) in [7, 11) is 0. The van der Waals surface area contributed by atoms with Gasteiger partial charge in [-0.15, -0.1) is 0 Å². The molecule has 80 valence electrons. The predicted octanol–water partition coefficient (Wildman–Crippen LogP) is 4.69. The van der Waals surface area contributed by atoms with Crippen LogP contribution < -0.4 is 0 Å². The van der Waals surface area contributed by atoms with Crippen LogP contribution in [0.15, 0.2) is 34.4 Å². The Labute approximate surface area is 92.8 Å². The Morgan fingerprint density at radius 1 is 0.600 bits per heavy atom. The molecule has 0 saturated carbocycles. The summed E-state index contributed by atoms with van der Waals surface area (Å²) in [5.41, 5.74) is 6.90. The number of allylic oxidation sites excluding steroid dienone is 6. The molecule has 3 rings (SSSR count). The van der Waals surface area contributed by atoms with Crippen molar-refractivity contribution in [1.29, 1.82) is 0 Å². The number of hydrogen-bond donors (Lipinski definition) is 0. The van der Waals surface area contributed by atoms with Gasteiger partial charge in [0.25, 0.3) is 0 Å². The van der Waals surface area contributed by atoms with E-state index in [9.17, 15) is 0 Å². The minimum Gasteiger partial charge on any atom is -0.0810 e. The van der Waals surface area contributed by atoms with Crippen molar-refractivity contribution in [3.05, 3.63) is 34.4 Å². The molecule has 0 heterocycles. The molecule has 0 amide bonds. The maximum absolute atomic E-state index is 2.50. The van der Waals surface area contributed by atoms with Gasteiger partial charge in [-0.05, 0) is 80.1 Å². The summed E-state index contributed by atoms with van der Waals surface area (Å²) < 4.78 is 0. The SMILES string of the molecule is C1=C(C2=C(C3=CCCC3)CCCC2)CC1. The highest BCUT2D eigenvalue weighted by molar-refractivity contribution is 5.48. The number of hydrogen-bond acceptors (Lipinski definition) is 0. The molecule has 0 aromatic rings. The van der Waals surface area contributed by atoms with Crippen LogP contribution in [0, 0.1) is 0 Å². The summed E-state index contributed by atoms with van der Waals surface area (Å²) in [5, 5.41) is 0. The maximum atomic E-state index is 2.50. The zero-order valence-electron chi connectivity index (χ0n) is 9.52. The van der Waals surface area contributed by atoms with E-state index in [1.807, 2.05) is 0 Å². The summed E-state index contributed by atoms with van der Waals surface area (Å²) in [4.78, 5) is 0. The van der Waals surface area contributed by atoms with Crippen molar-refractivity contribution in [3.63, 3.8) is 0 Å². The van der Waals surface area contributed by atoms with Gasteiger partial charge in [-0.2, -0.15) is 0 Å². The third kappa shape index (κ3) is 1.71. The topological polar surface area (TPSA) is 0 Å². The molecular weight excluding hydrogens is 180 g/mol. The van der Waals surface area contributed by atoms with Crippen molar-refractivity contribution in [3.8, 4) is 0 Å². The average Bonchev–Trinajstić information content (AvgIpc) is 2.69. The molecule has 15 heavy (non-hydrogen) atoms. The van der Waals surface area contributed by atoms with Gasteiger partial charge in [-0.25, -0.2) is 0 Å². The fraction of sp³-hybridized carbons (Fsp3) is 0.600. The zero-order chi connectivity index (χ0) is 10.1. The fourth-order valence-electron chi connectivity index (χ4n) is 3.12. The van der Waals surface area contributed by atoms with Gasteiger partial charge in [-0.1, -0.05) is 12.2 Å². The summed E-state index contributed by atoms with van der Waals surface area (Å²) in [6.07, 6.45) is 17.3. The van der Waals surface area contributed by atoms with E-state index < -0.39 is 0 Å². The Bertz CT molecular complexity index is 352. The van der Waals surface area contributed by atoms with Crippen molar-refractivity contribution >= 4 is 0 Å². The van der Waals surface area contributed by atoms with Crippen molar-refractivity contribution in [2.45, 2.75) is 57.8 Å². The van der Waals surface area contributed by atoms with Crippen LogP contribution in [0.5, 0.6) is 0 Å². The monoisotopic (exact) mass is 200 g/mol. The van der Waals surface area contributed by atoms with E-state index in [1.165, 1.54) is 57.8 Å². The highest BCUT2D eigenvalue weighted by Crippen LogP contribution is 2.41. The molecule has 3 aliphatic rings. The lowest BCUT2D eigenvalue weighted by Gasteiger charge is -2.27. The van der Waals surface area contributed by atoms with Gasteiger partial charge in [0.15, 0.2) is 0 Å². The lowest BCUT2D eigenvalue weighted by Crippen LogP contribution is -2.07. The van der Waals surface area contributed by atoms with Gasteiger partial charge >= 0.3 is 0 Å². The molecule has 0 aliphatic heterocycles. The molecule has 0 aromatic heterocycles. The first-order valence-electron chi connectivity index (χ1n) is 6.56. The third-order valence-corrected chi connectivity index (χ3v) is 4.09. The molecule has 0 atom stereocenters. The summed E-state index contributed by atoms with van der Waals surface area (Å²) in [6.45, 7) is 0. The molecule has 0 N–H and O–H groups in total. The Hall–Kier alpha value is -0.780. The molecule has 0 aromatic carbocycles. The second kappa shape index (κ2) is 4.00. The van der Waals surface area contributed by atoms with E-state index >= 15 is 0 Å². The normalized spacial score (nSPS) is 26.1. The molecule has 0 radical (unpaired) electrons. The van der Waals surface area contributed by atoms with Crippen molar-refractivity contribution in [1.82, 2.24) is 0 Å². The van der Waals surface area contributed by atoms with Crippen molar-refractivity contribution < 1.29 is 0 Å². The highest BCUT2D eigenvalue weighted by Gasteiger charge is 2.21. The maximum Gasteiger partial charge on any atom is -0.0244 e. The first kappa shape index (κ1) is 9.45. The standard InChI is InChI=1S/C15H20/c1-2-7-12(6-1)14-10-3-4-11-15(14)13-8-5-9-13/h6,8H,1-5,7,9-11H2. The van der Waals surface area contributed by atoms with E-state index in [2.05, 4.69) is 12.2 Å². The highest BCUT2D eigenvalue weighted by atomic mass is 14.3. The molecule has 0 bridgehead atoms. The van der Waals surface area contributed by atoms with E-state index in [-0.39, 0.29) is 0 Å². The summed E-state index contributed by atoms with van der Waals surface area (Å²) in [6, 6.07) is 0. The van der Waals surface area contributed by atoms with Gasteiger partial charge in [0, 0.05) is 0 Å². The molecule has 0 saturated heterocycles. The summed E-state index contributed by atoms with van der Waals surface area (Å²) in [5.74, 6) is 0. The van der Waals surface area contributed by atoms with E-state index in [0.29, 0.717) is 0 Å². The van der Waals surface area contributed by atoms with Gasteiger partial charge in [0.05, 0.1) is 0 Å². The Morgan fingerprint density at radius 2 is 1.27 bits per heavy atom. The average molecular weight is 200 g/mol. The molecule has 0 heteroatoms. The lowest BCUT2D eigenvalue weighted by molar-refractivity contribution is 0.663. The first-order valence-corrected chi connectivity index (χ1v) is 6.56. The largest absolute Gasteiger partial charge is 0.0810 e. The van der Waals surface area contributed by atoms with E-state index in [1.54, 1.807) is 22.3 Å². The van der Waals surface area contributed by atoms with Crippen LogP contribution >= 0.6 is 0 Å². The molecular formula is C15H20. The Balaban J connectivity index is 1.95. The third-order valence-electron chi connectivity index (χ3n) is 4.09. The minimum atomic E-state index is 1.32. The van der Waals surface area contributed by atoms with Crippen LogP contribution in [0.2, 0.25) is 0 Å². The first-order chi connectivity index (χ1) is 7.45. The zero-order valence-corrected chi connectivity index (χ0v) is 9.52. The number of rotatable bonds is 2. The fourth-order valence-corrected chi connectivity index (χ4v) is 3.12. The van der Waals surface area contributed by atoms with E-state index in [0.717, 1.165) is 0 Å². The molecule has 0 nitrogen and oxygen atoms in total. The minimum absolute atomic E-state index is 1.32. The van der Waals surface area contributed by atoms with Crippen LogP contribution in [0.3, 0.4) is 0 Å². The van der Waals surface area contributed by atoms with Crippen molar-refractivity contribution in [2.24, 2.45) is 0 Å². The second-order valence-corrected chi connectivity index (χ2v) is 5.05. The predicted molar refractivity (Wildman–Crippen MR) is 64.7 cm³/mol. The smallest absolute Gasteiger partial charge is 0.0244 e. The van der Waals surface area contributed by atoms with Gasteiger partial charge in [-0.3, -0.25) is 0 Å². The van der Waals surface area contributed by atoms with Crippen LogP contribution in [0.25, 0.3) is 0 Å². The van der Waals surface area contributed by atoms with Crippen LogP contribution in [-0.2, 0) is 0 Å². The molecule has 0 unspecified atom stereocenters. The molecule has 3 aliphatic carbocycles. The molecule has 0 fully saturated rings. The van der Waals surface area contributed by atoms with Crippen LogP contribution in [0.4, 0.5) is 0 Å². The van der Waals surface area contributed by atoms with Gasteiger partial charge < -0.3 is 0 Å². The van der Waals surface area contributed by atoms with E-state index in [4.69, 9.17) is 0 Å². The van der Waals surface area contributed by atoms with Crippen LogP contribution in [-0.4, -0.2) is 0 Å². The van der Waals surface area contributed by atoms with Gasteiger partial charge in [0.2, 0.25) is 0 Å². The van der Waals surface area contributed by atoms with Gasteiger partial charge in [0.1, 0.15) is 0 Å².